The van der Waals surface area contributed by atoms with Gasteiger partial charge in [0, 0.05) is 28.1 Å². The molecule has 0 saturated heterocycles. The highest BCUT2D eigenvalue weighted by Crippen LogP contribution is 2.23. The van der Waals surface area contributed by atoms with E-state index in [1.807, 2.05) is 25.3 Å². The van der Waals surface area contributed by atoms with Crippen LogP contribution >= 0.6 is 11.3 Å². The van der Waals surface area contributed by atoms with Gasteiger partial charge < -0.3 is 0 Å². The first-order valence-corrected chi connectivity index (χ1v) is 7.83. The van der Waals surface area contributed by atoms with Crippen molar-refractivity contribution < 1.29 is 0 Å². The average molecular weight is 290 g/mol. The fourth-order valence-corrected chi connectivity index (χ4v) is 2.35. The first-order chi connectivity index (χ1) is 9.10. The molecule has 0 aromatic carbocycles. The zero-order valence-corrected chi connectivity index (χ0v) is 14.5. The van der Waals surface area contributed by atoms with Gasteiger partial charge >= 0.3 is 0 Å². The summed E-state index contributed by atoms with van der Waals surface area (Å²) in [4.78, 5) is 8.65. The predicted molar refractivity (Wildman–Crippen MR) is 88.5 cm³/mol. The number of hydrogen-bond donors (Lipinski definition) is 0. The Morgan fingerprint density at radius 3 is 1.75 bits per heavy atom. The van der Waals surface area contributed by atoms with Gasteiger partial charge in [-0.3, -0.25) is 4.98 Å². The number of hydrogen-bond acceptors (Lipinski definition) is 3. The van der Waals surface area contributed by atoms with Crippen LogP contribution in [-0.4, -0.2) is 9.97 Å². The van der Waals surface area contributed by atoms with E-state index in [0.717, 1.165) is 10.7 Å². The van der Waals surface area contributed by atoms with Gasteiger partial charge in [0.2, 0.25) is 0 Å². The van der Waals surface area contributed by atoms with Crippen molar-refractivity contribution in [2.24, 2.45) is 0 Å². The van der Waals surface area contributed by atoms with E-state index in [1.54, 1.807) is 11.3 Å². The molecule has 0 aliphatic heterocycles. The molecule has 0 spiro atoms. The van der Waals surface area contributed by atoms with Crippen LogP contribution in [0.1, 0.15) is 57.9 Å². The Bertz CT molecular complexity index is 516. The van der Waals surface area contributed by atoms with Gasteiger partial charge in [0.15, 0.2) is 0 Å². The maximum Gasteiger partial charge on any atom is 0.0897 e. The first-order valence-electron chi connectivity index (χ1n) is 6.95. The van der Waals surface area contributed by atoms with Gasteiger partial charge in [0.1, 0.15) is 0 Å². The average Bonchev–Trinajstić information content (AvgIpc) is 2.77. The highest BCUT2D eigenvalue weighted by Gasteiger charge is 2.16. The summed E-state index contributed by atoms with van der Waals surface area (Å²) in [6.07, 6.45) is 1.83. The minimum absolute atomic E-state index is 0.182. The molecule has 0 amide bonds. The maximum atomic E-state index is 4.40. The van der Waals surface area contributed by atoms with E-state index in [2.05, 4.69) is 63.0 Å². The largest absolute Gasteiger partial charge is 0.261 e. The highest BCUT2D eigenvalue weighted by atomic mass is 32.1. The van der Waals surface area contributed by atoms with Crippen LogP contribution in [0.4, 0.5) is 0 Å². The minimum atomic E-state index is 0.182. The molecule has 2 aromatic heterocycles. The third-order valence-electron chi connectivity index (χ3n) is 2.82. The molecule has 0 unspecified atom stereocenters. The summed E-state index contributed by atoms with van der Waals surface area (Å²) in [6.45, 7) is 15.1. The van der Waals surface area contributed by atoms with E-state index in [4.69, 9.17) is 0 Å². The van der Waals surface area contributed by atoms with Gasteiger partial charge in [0.25, 0.3) is 0 Å². The number of nitrogens with zero attached hydrogens (tertiary/aromatic N) is 2. The lowest BCUT2D eigenvalue weighted by Crippen LogP contribution is -2.12. The summed E-state index contributed by atoms with van der Waals surface area (Å²) < 4.78 is 0. The summed E-state index contributed by atoms with van der Waals surface area (Å²) >= 11 is 1.72. The van der Waals surface area contributed by atoms with Crippen molar-refractivity contribution in [3.8, 4) is 0 Å². The Morgan fingerprint density at radius 2 is 1.50 bits per heavy atom. The molecule has 0 radical (unpaired) electrons. The van der Waals surface area contributed by atoms with Crippen molar-refractivity contribution in [2.75, 3.05) is 0 Å². The van der Waals surface area contributed by atoms with E-state index < -0.39 is 0 Å². The van der Waals surface area contributed by atoms with E-state index in [-0.39, 0.29) is 10.8 Å². The van der Waals surface area contributed by atoms with Crippen molar-refractivity contribution in [1.82, 2.24) is 9.97 Å². The number of pyridine rings is 1. The lowest BCUT2D eigenvalue weighted by molar-refractivity contribution is 0.569. The summed E-state index contributed by atoms with van der Waals surface area (Å²) in [5, 5.41) is 3.29. The molecule has 0 N–H and O–H groups in total. The molecule has 2 nitrogen and oxygen atoms in total. The molecule has 2 heterocycles. The fraction of sp³-hybridized carbons (Fsp3) is 0.529. The summed E-state index contributed by atoms with van der Waals surface area (Å²) in [5.74, 6) is 0. The third kappa shape index (κ3) is 5.41. The van der Waals surface area contributed by atoms with Gasteiger partial charge in [0.05, 0.1) is 10.7 Å². The van der Waals surface area contributed by atoms with Crippen LogP contribution in [0.3, 0.4) is 0 Å². The fourth-order valence-electron chi connectivity index (χ4n) is 1.51. The van der Waals surface area contributed by atoms with Crippen LogP contribution in [0.25, 0.3) is 0 Å². The highest BCUT2D eigenvalue weighted by molar-refractivity contribution is 7.09. The second-order valence-electron chi connectivity index (χ2n) is 6.97. The van der Waals surface area contributed by atoms with Gasteiger partial charge in [-0.1, -0.05) is 47.6 Å². The molecule has 2 rings (SSSR count). The normalized spacial score (nSPS) is 11.8. The Hall–Kier alpha value is -1.22. The van der Waals surface area contributed by atoms with Crippen LogP contribution in [0.5, 0.6) is 0 Å². The number of thiazole rings is 1. The minimum Gasteiger partial charge on any atom is -0.261 e. The van der Waals surface area contributed by atoms with Crippen molar-refractivity contribution in [2.45, 2.75) is 59.3 Å². The number of rotatable bonds is 0. The number of aryl methyl sites for hydroxylation is 1. The van der Waals surface area contributed by atoms with E-state index in [1.165, 1.54) is 5.69 Å². The van der Waals surface area contributed by atoms with Crippen LogP contribution in [0, 0.1) is 6.92 Å². The second kappa shape index (κ2) is 6.49. The molecule has 0 atom stereocenters. The van der Waals surface area contributed by atoms with Gasteiger partial charge in [-0.05, 0) is 19.1 Å². The van der Waals surface area contributed by atoms with Crippen molar-refractivity contribution >= 4 is 11.3 Å². The molecule has 3 heteroatoms. The standard InChI is InChI=1S/C9H13N.C8H13NS/c1-9(2,3)8-6-4-5-7-10-8;1-6-9-7(5-10-6)8(2,3)4/h4-7H,1-3H3;5H,1-4H3. The third-order valence-corrected chi connectivity index (χ3v) is 3.59. The molecule has 110 valence electrons. The van der Waals surface area contributed by atoms with Crippen LogP contribution in [0.15, 0.2) is 29.8 Å². The van der Waals surface area contributed by atoms with E-state index in [9.17, 15) is 0 Å². The summed E-state index contributed by atoms with van der Waals surface area (Å²) in [7, 11) is 0. The zero-order chi connectivity index (χ0) is 15.4. The molecule has 20 heavy (non-hydrogen) atoms. The molecule has 2 aromatic rings. The molecule has 0 bridgehead atoms. The SMILES string of the molecule is CC(C)(C)c1ccccn1.Cc1nc(C(C)(C)C)cs1. The summed E-state index contributed by atoms with van der Waals surface area (Å²) in [5.41, 5.74) is 2.75. The lowest BCUT2D eigenvalue weighted by atomic mass is 9.92. The van der Waals surface area contributed by atoms with Crippen LogP contribution in [0.2, 0.25) is 0 Å². The van der Waals surface area contributed by atoms with Gasteiger partial charge in [-0.2, -0.15) is 0 Å². The van der Waals surface area contributed by atoms with Crippen LogP contribution in [-0.2, 0) is 10.8 Å². The second-order valence-corrected chi connectivity index (χ2v) is 8.03. The smallest absolute Gasteiger partial charge is 0.0897 e. The van der Waals surface area contributed by atoms with Crippen molar-refractivity contribution in [3.05, 3.63) is 46.2 Å². The molecular weight excluding hydrogens is 264 g/mol. The Kier molecular flexibility index (Phi) is 5.46. The van der Waals surface area contributed by atoms with Gasteiger partial charge in [-0.25, -0.2) is 4.98 Å². The van der Waals surface area contributed by atoms with Crippen LogP contribution < -0.4 is 0 Å². The summed E-state index contributed by atoms with van der Waals surface area (Å²) in [6, 6.07) is 6.02. The Morgan fingerprint density at radius 1 is 0.900 bits per heavy atom. The lowest BCUT2D eigenvalue weighted by Gasteiger charge is -2.16. The number of aromatic nitrogens is 2. The molecular formula is C17H26N2S. The predicted octanol–water partition coefficient (Wildman–Crippen LogP) is 5.13. The Balaban J connectivity index is 0.000000200. The Labute approximate surface area is 127 Å². The molecule has 0 aliphatic rings. The monoisotopic (exact) mass is 290 g/mol. The van der Waals surface area contributed by atoms with Gasteiger partial charge in [-0.15, -0.1) is 11.3 Å². The van der Waals surface area contributed by atoms with Crippen molar-refractivity contribution in [3.63, 3.8) is 0 Å². The topological polar surface area (TPSA) is 25.8 Å². The molecule has 0 fully saturated rings. The quantitative estimate of drug-likeness (QED) is 0.672. The first kappa shape index (κ1) is 16.8. The maximum absolute atomic E-state index is 4.40. The molecule has 0 aliphatic carbocycles. The zero-order valence-electron chi connectivity index (χ0n) is 13.7. The molecule has 0 saturated carbocycles. The van der Waals surface area contributed by atoms with E-state index in [0.29, 0.717) is 0 Å². The van der Waals surface area contributed by atoms with Crippen molar-refractivity contribution in [1.29, 1.82) is 0 Å². The van der Waals surface area contributed by atoms with E-state index >= 15 is 0 Å².